The van der Waals surface area contributed by atoms with Gasteiger partial charge in [-0.2, -0.15) is 0 Å². The number of nitrogens with one attached hydrogen (secondary N) is 1. The van der Waals surface area contributed by atoms with Crippen LogP contribution in [-0.4, -0.2) is 14.9 Å². The van der Waals surface area contributed by atoms with Crippen molar-refractivity contribution >= 4 is 22.1 Å². The summed E-state index contributed by atoms with van der Waals surface area (Å²) in [7, 11) is 0. The maximum Gasteiger partial charge on any atom is 0.278 e. The standard InChI is InChI=1S/C21H15FN4O3/c22-18-10-14(3-6-21(18)29-15-2-1-8-23-12-15)11-25-19-4-5-20(26(27)28)17-13-24-9-7-16(17)19/h1-10,12-13,25H,11H2. The molecule has 0 atom stereocenters. The van der Waals surface area contributed by atoms with Crippen molar-refractivity contribution in [3.63, 3.8) is 0 Å². The number of halogens is 1. The molecule has 7 nitrogen and oxygen atoms in total. The first kappa shape index (κ1) is 18.3. The fourth-order valence-corrected chi connectivity index (χ4v) is 2.96. The predicted molar refractivity (Wildman–Crippen MR) is 106 cm³/mol. The van der Waals surface area contributed by atoms with Gasteiger partial charge in [0.05, 0.1) is 16.5 Å². The molecular formula is C21H15FN4O3. The van der Waals surface area contributed by atoms with Crippen LogP contribution in [0.15, 0.2) is 73.3 Å². The van der Waals surface area contributed by atoms with E-state index < -0.39 is 10.7 Å². The zero-order chi connectivity index (χ0) is 20.2. The number of pyridine rings is 2. The number of ether oxygens (including phenoxy) is 1. The Hall–Kier alpha value is -4.07. The van der Waals surface area contributed by atoms with Crippen molar-refractivity contribution in [1.82, 2.24) is 9.97 Å². The Balaban J connectivity index is 1.53. The van der Waals surface area contributed by atoms with Crippen molar-refractivity contribution in [2.45, 2.75) is 6.54 Å². The predicted octanol–water partition coefficient (Wildman–Crippen LogP) is 5.08. The molecule has 0 aliphatic rings. The second-order valence-corrected chi connectivity index (χ2v) is 6.22. The van der Waals surface area contributed by atoms with Crippen molar-refractivity contribution in [1.29, 1.82) is 0 Å². The number of benzene rings is 2. The van der Waals surface area contributed by atoms with Crippen molar-refractivity contribution in [2.75, 3.05) is 5.32 Å². The molecule has 4 rings (SSSR count). The van der Waals surface area contributed by atoms with Gasteiger partial charge in [-0.15, -0.1) is 0 Å². The number of hydrogen-bond acceptors (Lipinski definition) is 6. The van der Waals surface area contributed by atoms with E-state index in [1.165, 1.54) is 24.5 Å². The lowest BCUT2D eigenvalue weighted by Crippen LogP contribution is -2.02. The van der Waals surface area contributed by atoms with Gasteiger partial charge in [0.2, 0.25) is 0 Å². The van der Waals surface area contributed by atoms with E-state index >= 15 is 0 Å². The van der Waals surface area contributed by atoms with Crippen LogP contribution >= 0.6 is 0 Å². The van der Waals surface area contributed by atoms with E-state index in [0.29, 0.717) is 34.3 Å². The Morgan fingerprint density at radius 3 is 2.66 bits per heavy atom. The monoisotopic (exact) mass is 390 g/mol. The summed E-state index contributed by atoms with van der Waals surface area (Å²) in [5, 5.41) is 15.5. The maximum absolute atomic E-state index is 14.4. The molecule has 8 heteroatoms. The first-order valence-corrected chi connectivity index (χ1v) is 8.73. The second-order valence-electron chi connectivity index (χ2n) is 6.22. The molecule has 2 aromatic heterocycles. The lowest BCUT2D eigenvalue weighted by atomic mass is 10.1. The minimum atomic E-state index is -0.495. The minimum absolute atomic E-state index is 0.0124. The van der Waals surface area contributed by atoms with Gasteiger partial charge in [0.1, 0.15) is 5.75 Å². The summed E-state index contributed by atoms with van der Waals surface area (Å²) in [5.74, 6) is 0.0581. The summed E-state index contributed by atoms with van der Waals surface area (Å²) in [6, 6.07) is 12.8. The number of rotatable bonds is 6. The van der Waals surface area contributed by atoms with Gasteiger partial charge < -0.3 is 10.1 Å². The minimum Gasteiger partial charge on any atom is -0.453 e. The van der Waals surface area contributed by atoms with Crippen molar-refractivity contribution in [3.05, 3.63) is 94.8 Å². The van der Waals surface area contributed by atoms with Crippen LogP contribution < -0.4 is 10.1 Å². The van der Waals surface area contributed by atoms with Gasteiger partial charge in [0, 0.05) is 42.3 Å². The van der Waals surface area contributed by atoms with Gasteiger partial charge >= 0.3 is 0 Å². The molecule has 1 N–H and O–H groups in total. The fraction of sp³-hybridized carbons (Fsp3) is 0.0476. The number of fused-ring (bicyclic) bond motifs is 1. The van der Waals surface area contributed by atoms with Gasteiger partial charge in [-0.1, -0.05) is 6.07 Å². The molecule has 0 saturated carbocycles. The Bertz CT molecular complexity index is 1190. The number of nitrogens with zero attached hydrogens (tertiary/aromatic N) is 3. The van der Waals surface area contributed by atoms with Gasteiger partial charge in [0.15, 0.2) is 11.6 Å². The molecule has 0 radical (unpaired) electrons. The zero-order valence-corrected chi connectivity index (χ0v) is 15.1. The summed E-state index contributed by atoms with van der Waals surface area (Å²) in [6.45, 7) is 0.333. The highest BCUT2D eigenvalue weighted by Crippen LogP contribution is 2.31. The third kappa shape index (κ3) is 3.96. The number of non-ortho nitro benzene ring substituents is 1. The number of hydrogen-bond donors (Lipinski definition) is 1. The lowest BCUT2D eigenvalue weighted by molar-refractivity contribution is -0.383. The van der Waals surface area contributed by atoms with Crippen LogP contribution in [0.3, 0.4) is 0 Å². The summed E-state index contributed by atoms with van der Waals surface area (Å²) >= 11 is 0. The highest BCUT2D eigenvalue weighted by Gasteiger charge is 2.14. The van der Waals surface area contributed by atoms with Crippen LogP contribution in [0, 0.1) is 15.9 Å². The topological polar surface area (TPSA) is 90.2 Å². The number of anilines is 1. The normalized spacial score (nSPS) is 10.7. The Morgan fingerprint density at radius 2 is 1.90 bits per heavy atom. The first-order chi connectivity index (χ1) is 14.1. The molecule has 4 aromatic rings. The molecule has 144 valence electrons. The Labute approximate surface area is 165 Å². The van der Waals surface area contributed by atoms with Crippen LogP contribution in [0.5, 0.6) is 11.5 Å². The third-order valence-electron chi connectivity index (χ3n) is 4.33. The molecule has 0 aliphatic carbocycles. The van der Waals surface area contributed by atoms with E-state index in [0.717, 1.165) is 0 Å². The lowest BCUT2D eigenvalue weighted by Gasteiger charge is -2.11. The molecule has 0 amide bonds. The van der Waals surface area contributed by atoms with Crippen LogP contribution in [-0.2, 0) is 6.54 Å². The number of nitro benzene ring substituents is 1. The highest BCUT2D eigenvalue weighted by molar-refractivity contribution is 5.99. The van der Waals surface area contributed by atoms with E-state index in [9.17, 15) is 14.5 Å². The summed E-state index contributed by atoms with van der Waals surface area (Å²) < 4.78 is 19.9. The Morgan fingerprint density at radius 1 is 1.03 bits per heavy atom. The second kappa shape index (κ2) is 7.89. The van der Waals surface area contributed by atoms with E-state index in [1.807, 2.05) is 0 Å². The van der Waals surface area contributed by atoms with E-state index in [4.69, 9.17) is 4.74 Å². The molecule has 0 fully saturated rings. The van der Waals surface area contributed by atoms with Gasteiger partial charge in [0.25, 0.3) is 5.69 Å². The molecule has 29 heavy (non-hydrogen) atoms. The van der Waals surface area contributed by atoms with Crippen molar-refractivity contribution in [3.8, 4) is 11.5 Å². The van der Waals surface area contributed by atoms with E-state index in [-0.39, 0.29) is 11.4 Å². The van der Waals surface area contributed by atoms with Crippen LogP contribution in [0.25, 0.3) is 10.8 Å². The van der Waals surface area contributed by atoms with Crippen LogP contribution in [0.4, 0.5) is 15.8 Å². The van der Waals surface area contributed by atoms with Crippen LogP contribution in [0.2, 0.25) is 0 Å². The van der Waals surface area contributed by atoms with Gasteiger partial charge in [-0.25, -0.2) is 4.39 Å². The molecule has 0 saturated heterocycles. The summed E-state index contributed by atoms with van der Waals surface area (Å²) in [5.41, 5.74) is 1.38. The molecule has 2 aromatic carbocycles. The van der Waals surface area contributed by atoms with Gasteiger partial charge in [-0.3, -0.25) is 20.1 Å². The van der Waals surface area contributed by atoms with E-state index in [1.54, 1.807) is 48.8 Å². The highest BCUT2D eigenvalue weighted by atomic mass is 19.1. The SMILES string of the molecule is O=[N+]([O-])c1ccc(NCc2ccc(Oc3cccnc3)c(F)c2)c2ccncc12. The van der Waals surface area contributed by atoms with Crippen molar-refractivity contribution in [2.24, 2.45) is 0 Å². The number of nitro groups is 1. The summed E-state index contributed by atoms with van der Waals surface area (Å²) in [6.07, 6.45) is 6.14. The molecular weight excluding hydrogens is 375 g/mol. The Kier molecular flexibility index (Phi) is 4.98. The molecule has 0 bridgehead atoms. The average molecular weight is 390 g/mol. The largest absolute Gasteiger partial charge is 0.453 e. The molecule has 0 spiro atoms. The smallest absolute Gasteiger partial charge is 0.278 e. The zero-order valence-electron chi connectivity index (χ0n) is 15.1. The molecule has 2 heterocycles. The van der Waals surface area contributed by atoms with Crippen LogP contribution in [0.1, 0.15) is 5.56 Å². The van der Waals surface area contributed by atoms with Gasteiger partial charge in [-0.05, 0) is 42.0 Å². The average Bonchev–Trinajstić information content (AvgIpc) is 2.74. The van der Waals surface area contributed by atoms with E-state index in [2.05, 4.69) is 15.3 Å². The molecule has 0 unspecified atom stereocenters. The fourth-order valence-electron chi connectivity index (χ4n) is 2.96. The quantitative estimate of drug-likeness (QED) is 0.365. The first-order valence-electron chi connectivity index (χ1n) is 8.73. The third-order valence-corrected chi connectivity index (χ3v) is 4.33. The summed E-state index contributed by atoms with van der Waals surface area (Å²) in [4.78, 5) is 18.7. The molecule has 0 aliphatic heterocycles. The number of aromatic nitrogens is 2. The van der Waals surface area contributed by atoms with Crippen molar-refractivity contribution < 1.29 is 14.1 Å². The maximum atomic E-state index is 14.4.